The molecule has 1 aliphatic heterocycles. The van der Waals surface area contributed by atoms with E-state index < -0.39 is 30.4 Å². The van der Waals surface area contributed by atoms with Crippen molar-refractivity contribution in [2.75, 3.05) is 30.0 Å². The lowest BCUT2D eigenvalue weighted by atomic mass is 10.1. The molecule has 1 heterocycles. The fraction of sp³-hybridized carbons (Fsp3) is 0.333. The first-order valence-corrected chi connectivity index (χ1v) is 10.4. The molecule has 0 unspecified atom stereocenters. The number of aryl methyl sites for hydroxylation is 2. The molecular weight excluding hydrogens is 412 g/mol. The van der Waals surface area contributed by atoms with Crippen LogP contribution in [-0.4, -0.2) is 43.5 Å². The Bertz CT molecular complexity index is 1030. The maximum Gasteiger partial charge on any atom is 0.338 e. The van der Waals surface area contributed by atoms with Crippen molar-refractivity contribution in [1.29, 1.82) is 0 Å². The largest absolute Gasteiger partial charge is 0.462 e. The van der Waals surface area contributed by atoms with Crippen molar-refractivity contribution in [1.82, 2.24) is 0 Å². The first-order chi connectivity index (χ1) is 15.3. The number of benzene rings is 2. The van der Waals surface area contributed by atoms with Crippen molar-refractivity contribution in [2.24, 2.45) is 5.92 Å². The molecule has 0 bridgehead atoms. The van der Waals surface area contributed by atoms with Crippen LogP contribution in [0.25, 0.3) is 0 Å². The summed E-state index contributed by atoms with van der Waals surface area (Å²) < 4.78 is 10.1. The Hall–Kier alpha value is -3.68. The highest BCUT2D eigenvalue weighted by Crippen LogP contribution is 2.26. The van der Waals surface area contributed by atoms with Crippen LogP contribution in [0.15, 0.2) is 42.5 Å². The van der Waals surface area contributed by atoms with E-state index in [0.717, 1.165) is 11.1 Å². The van der Waals surface area contributed by atoms with Gasteiger partial charge in [-0.05, 0) is 68.3 Å². The second-order valence-electron chi connectivity index (χ2n) is 7.63. The van der Waals surface area contributed by atoms with Crippen LogP contribution in [-0.2, 0) is 23.9 Å². The minimum atomic E-state index is -0.665. The molecule has 8 heteroatoms. The van der Waals surface area contributed by atoms with Crippen LogP contribution < -0.4 is 10.2 Å². The van der Waals surface area contributed by atoms with Crippen molar-refractivity contribution in [2.45, 2.75) is 27.2 Å². The van der Waals surface area contributed by atoms with Gasteiger partial charge >= 0.3 is 11.9 Å². The molecule has 1 fully saturated rings. The van der Waals surface area contributed by atoms with Gasteiger partial charge in [0, 0.05) is 24.3 Å². The smallest absolute Gasteiger partial charge is 0.338 e. The molecule has 8 nitrogen and oxygen atoms in total. The second kappa shape index (κ2) is 10.1. The fourth-order valence-electron chi connectivity index (χ4n) is 3.38. The second-order valence-corrected chi connectivity index (χ2v) is 7.63. The molecule has 1 N–H and O–H groups in total. The van der Waals surface area contributed by atoms with E-state index in [1.165, 1.54) is 4.90 Å². The van der Waals surface area contributed by atoms with Gasteiger partial charge in [-0.15, -0.1) is 0 Å². The Morgan fingerprint density at radius 3 is 2.41 bits per heavy atom. The monoisotopic (exact) mass is 438 g/mol. The minimum absolute atomic E-state index is 0.00274. The standard InChI is InChI=1S/C24H26N2O6/c1-4-31-23(29)17-6-9-20(10-7-17)26-13-18(12-22(26)28)24(30)32-14-21(27)25-19-8-5-15(2)16(3)11-19/h5-11,18H,4,12-14H2,1-3H3,(H,25,27)/t18-/m0/s1. The third-order valence-electron chi connectivity index (χ3n) is 5.28. The summed E-state index contributed by atoms with van der Waals surface area (Å²) in [6, 6.07) is 11.9. The number of nitrogens with one attached hydrogen (secondary N) is 1. The Morgan fingerprint density at radius 1 is 1.03 bits per heavy atom. The number of ether oxygens (including phenoxy) is 2. The highest BCUT2D eigenvalue weighted by Gasteiger charge is 2.36. The van der Waals surface area contributed by atoms with Crippen LogP contribution in [0, 0.1) is 19.8 Å². The molecule has 1 saturated heterocycles. The number of carbonyl (C=O) groups excluding carboxylic acids is 4. The van der Waals surface area contributed by atoms with Crippen molar-refractivity contribution in [3.8, 4) is 0 Å². The molecule has 2 amide bonds. The van der Waals surface area contributed by atoms with Gasteiger partial charge in [-0.2, -0.15) is 0 Å². The van der Waals surface area contributed by atoms with E-state index in [4.69, 9.17) is 9.47 Å². The zero-order chi connectivity index (χ0) is 23.3. The lowest BCUT2D eigenvalue weighted by Gasteiger charge is -2.17. The van der Waals surface area contributed by atoms with Crippen LogP contribution >= 0.6 is 0 Å². The fourth-order valence-corrected chi connectivity index (χ4v) is 3.38. The Balaban J connectivity index is 1.52. The molecule has 2 aromatic rings. The molecule has 0 aliphatic carbocycles. The first-order valence-electron chi connectivity index (χ1n) is 10.4. The molecule has 0 spiro atoms. The van der Waals surface area contributed by atoms with Crippen LogP contribution in [0.3, 0.4) is 0 Å². The molecular formula is C24H26N2O6. The van der Waals surface area contributed by atoms with E-state index >= 15 is 0 Å². The van der Waals surface area contributed by atoms with E-state index in [2.05, 4.69) is 5.32 Å². The third kappa shape index (κ3) is 5.51. The molecule has 3 rings (SSSR count). The Kier molecular flexibility index (Phi) is 7.25. The summed E-state index contributed by atoms with van der Waals surface area (Å²) >= 11 is 0. The van der Waals surface area contributed by atoms with Gasteiger partial charge in [-0.1, -0.05) is 6.07 Å². The third-order valence-corrected chi connectivity index (χ3v) is 5.28. The summed E-state index contributed by atoms with van der Waals surface area (Å²) in [7, 11) is 0. The average molecular weight is 438 g/mol. The molecule has 32 heavy (non-hydrogen) atoms. The number of hydrogen-bond acceptors (Lipinski definition) is 6. The Morgan fingerprint density at radius 2 is 1.75 bits per heavy atom. The van der Waals surface area contributed by atoms with E-state index in [1.54, 1.807) is 37.3 Å². The van der Waals surface area contributed by atoms with Crippen LogP contribution in [0.4, 0.5) is 11.4 Å². The average Bonchev–Trinajstić information content (AvgIpc) is 3.16. The quantitative estimate of drug-likeness (QED) is 0.667. The highest BCUT2D eigenvalue weighted by atomic mass is 16.5. The SMILES string of the molecule is CCOC(=O)c1ccc(N2C[C@@H](C(=O)OCC(=O)Nc3ccc(C)c(C)c3)CC2=O)cc1. The minimum Gasteiger partial charge on any atom is -0.462 e. The summed E-state index contributed by atoms with van der Waals surface area (Å²) in [4.78, 5) is 50.1. The Labute approximate surface area is 186 Å². The van der Waals surface area contributed by atoms with Gasteiger partial charge in [0.25, 0.3) is 5.91 Å². The summed E-state index contributed by atoms with van der Waals surface area (Å²) in [6.45, 7) is 5.64. The van der Waals surface area contributed by atoms with Gasteiger partial charge in [0.1, 0.15) is 0 Å². The predicted molar refractivity (Wildman–Crippen MR) is 118 cm³/mol. The van der Waals surface area contributed by atoms with Gasteiger partial charge in [0.05, 0.1) is 18.1 Å². The number of rotatable bonds is 7. The summed E-state index contributed by atoms with van der Waals surface area (Å²) in [5, 5.41) is 2.69. The maximum absolute atomic E-state index is 12.4. The van der Waals surface area contributed by atoms with E-state index in [1.807, 2.05) is 26.0 Å². The lowest BCUT2D eigenvalue weighted by Crippen LogP contribution is -2.28. The number of carbonyl (C=O) groups is 4. The zero-order valence-corrected chi connectivity index (χ0v) is 18.3. The van der Waals surface area contributed by atoms with E-state index in [0.29, 0.717) is 16.9 Å². The molecule has 1 aliphatic rings. The van der Waals surface area contributed by atoms with Gasteiger partial charge in [-0.3, -0.25) is 14.4 Å². The van der Waals surface area contributed by atoms with Crippen LogP contribution in [0.2, 0.25) is 0 Å². The normalized spacial score (nSPS) is 15.4. The summed E-state index contributed by atoms with van der Waals surface area (Å²) in [5.74, 6) is -2.37. The van der Waals surface area contributed by atoms with Gasteiger partial charge in [0.2, 0.25) is 5.91 Å². The first kappa shape index (κ1) is 23.0. The lowest BCUT2D eigenvalue weighted by molar-refractivity contribution is -0.151. The highest BCUT2D eigenvalue weighted by molar-refractivity contribution is 6.00. The van der Waals surface area contributed by atoms with Crippen LogP contribution in [0.5, 0.6) is 0 Å². The molecule has 1 atom stereocenters. The van der Waals surface area contributed by atoms with Crippen molar-refractivity contribution in [3.05, 3.63) is 59.2 Å². The number of anilines is 2. The molecule has 0 saturated carbocycles. The number of nitrogens with zero attached hydrogens (tertiary/aromatic N) is 1. The number of hydrogen-bond donors (Lipinski definition) is 1. The van der Waals surface area contributed by atoms with Crippen molar-refractivity contribution >= 4 is 35.1 Å². The van der Waals surface area contributed by atoms with E-state index in [-0.39, 0.29) is 25.5 Å². The molecule has 0 aromatic heterocycles. The zero-order valence-electron chi connectivity index (χ0n) is 18.3. The summed E-state index contributed by atoms with van der Waals surface area (Å²) in [5.41, 5.74) is 3.74. The van der Waals surface area contributed by atoms with Gasteiger partial charge in [-0.25, -0.2) is 4.79 Å². The van der Waals surface area contributed by atoms with Gasteiger partial charge in [0.15, 0.2) is 6.61 Å². The van der Waals surface area contributed by atoms with Crippen molar-refractivity contribution in [3.63, 3.8) is 0 Å². The van der Waals surface area contributed by atoms with E-state index in [9.17, 15) is 19.2 Å². The molecule has 168 valence electrons. The topological polar surface area (TPSA) is 102 Å². The molecule has 2 aromatic carbocycles. The van der Waals surface area contributed by atoms with Crippen molar-refractivity contribution < 1.29 is 28.7 Å². The summed E-state index contributed by atoms with van der Waals surface area (Å²) in [6.07, 6.45) is -0.00274. The number of amides is 2. The maximum atomic E-state index is 12.4. The van der Waals surface area contributed by atoms with Crippen LogP contribution in [0.1, 0.15) is 34.8 Å². The van der Waals surface area contributed by atoms with Gasteiger partial charge < -0.3 is 19.7 Å². The predicted octanol–water partition coefficient (Wildman–Crippen LogP) is 3.01. The molecule has 0 radical (unpaired) electrons. The number of esters is 2.